The minimum Gasteiger partial charge on any atom is -0.467 e. The van der Waals surface area contributed by atoms with E-state index in [0.717, 1.165) is 40.7 Å². The van der Waals surface area contributed by atoms with Crippen LogP contribution in [0, 0.1) is 6.92 Å². The van der Waals surface area contributed by atoms with Crippen molar-refractivity contribution in [1.29, 1.82) is 0 Å². The van der Waals surface area contributed by atoms with Crippen LogP contribution in [0.1, 0.15) is 44.4 Å². The summed E-state index contributed by atoms with van der Waals surface area (Å²) in [7, 11) is 0. The van der Waals surface area contributed by atoms with Crippen LogP contribution in [0.5, 0.6) is 0 Å². The molecule has 1 aliphatic heterocycles. The van der Waals surface area contributed by atoms with E-state index < -0.39 is 0 Å². The van der Waals surface area contributed by atoms with E-state index in [1.807, 2.05) is 33.7 Å². The quantitative estimate of drug-likeness (QED) is 0.533. The minimum atomic E-state index is 0.171. The zero-order chi connectivity index (χ0) is 21.1. The third kappa shape index (κ3) is 4.31. The number of thioether (sulfide) groups is 1. The van der Waals surface area contributed by atoms with Gasteiger partial charge < -0.3 is 9.32 Å². The number of nitrogens with zero attached hydrogens (tertiary/aromatic N) is 4. The second kappa shape index (κ2) is 9.08. The van der Waals surface area contributed by atoms with E-state index in [2.05, 4.69) is 43.1 Å². The Morgan fingerprint density at radius 2 is 1.90 bits per heavy atom. The highest BCUT2D eigenvalue weighted by Crippen LogP contribution is 2.29. The number of hydrogen-bond donors (Lipinski definition) is 0. The molecule has 2 atom stereocenters. The van der Waals surface area contributed by atoms with Crippen LogP contribution in [0.2, 0.25) is 0 Å². The van der Waals surface area contributed by atoms with Gasteiger partial charge in [0.25, 0.3) is 0 Å². The first-order chi connectivity index (χ1) is 14.5. The molecular weight excluding hydrogens is 396 g/mol. The van der Waals surface area contributed by atoms with Crippen molar-refractivity contribution in [3.63, 3.8) is 0 Å². The van der Waals surface area contributed by atoms with Gasteiger partial charge in [0.2, 0.25) is 5.91 Å². The topological polar surface area (TPSA) is 64.2 Å². The van der Waals surface area contributed by atoms with Gasteiger partial charge in [-0.05, 0) is 57.7 Å². The van der Waals surface area contributed by atoms with Crippen LogP contribution >= 0.6 is 11.8 Å². The van der Waals surface area contributed by atoms with Crippen LogP contribution in [-0.4, -0.2) is 43.4 Å². The second-order valence-electron chi connectivity index (χ2n) is 8.01. The highest BCUT2D eigenvalue weighted by Gasteiger charge is 2.29. The average molecular weight is 425 g/mol. The first-order valence-electron chi connectivity index (χ1n) is 10.5. The number of furan rings is 1. The smallest absolute Gasteiger partial charge is 0.233 e. The first kappa shape index (κ1) is 20.7. The van der Waals surface area contributed by atoms with Gasteiger partial charge in [0.15, 0.2) is 11.0 Å². The van der Waals surface area contributed by atoms with E-state index in [0.29, 0.717) is 24.4 Å². The predicted molar refractivity (Wildman–Crippen MR) is 118 cm³/mol. The summed E-state index contributed by atoms with van der Waals surface area (Å²) in [6, 6.07) is 12.5. The Hall–Kier alpha value is -2.54. The van der Waals surface area contributed by atoms with Gasteiger partial charge in [-0.15, -0.1) is 10.2 Å². The van der Waals surface area contributed by atoms with Gasteiger partial charge in [-0.3, -0.25) is 9.36 Å². The summed E-state index contributed by atoms with van der Waals surface area (Å²) in [6.07, 6.45) is 5.01. The number of likely N-dealkylation sites (tertiary alicyclic amines) is 1. The lowest BCUT2D eigenvalue weighted by Crippen LogP contribution is -2.48. The van der Waals surface area contributed by atoms with E-state index in [1.54, 1.807) is 6.26 Å². The van der Waals surface area contributed by atoms with Crippen LogP contribution in [0.3, 0.4) is 0 Å². The fourth-order valence-electron chi connectivity index (χ4n) is 4.23. The molecular formula is C23H28N4O2S. The van der Waals surface area contributed by atoms with Crippen LogP contribution in [0.15, 0.2) is 52.2 Å². The normalized spacial score (nSPS) is 19.2. The van der Waals surface area contributed by atoms with E-state index in [-0.39, 0.29) is 5.91 Å². The van der Waals surface area contributed by atoms with Crippen molar-refractivity contribution < 1.29 is 9.21 Å². The van der Waals surface area contributed by atoms with Crippen LogP contribution in [-0.2, 0) is 11.3 Å². The third-order valence-electron chi connectivity index (χ3n) is 5.80. The molecule has 1 amide bonds. The minimum absolute atomic E-state index is 0.171. The Kier molecular flexibility index (Phi) is 6.27. The number of aryl methyl sites for hydroxylation is 1. The van der Waals surface area contributed by atoms with Crippen molar-refractivity contribution >= 4 is 17.7 Å². The molecule has 3 heterocycles. The molecule has 2 unspecified atom stereocenters. The summed E-state index contributed by atoms with van der Waals surface area (Å²) in [5, 5.41) is 9.64. The zero-order valence-electron chi connectivity index (χ0n) is 17.7. The van der Waals surface area contributed by atoms with Crippen LogP contribution < -0.4 is 0 Å². The molecule has 1 aliphatic rings. The van der Waals surface area contributed by atoms with Crippen LogP contribution in [0.4, 0.5) is 0 Å². The summed E-state index contributed by atoms with van der Waals surface area (Å²) in [5.41, 5.74) is 2.17. The summed E-state index contributed by atoms with van der Waals surface area (Å²) in [6.45, 7) is 6.88. The SMILES string of the molecule is Cc1ccccc1-c1nnc(SCC(=O)N2C(C)CCCC2C)n1Cc1ccco1. The van der Waals surface area contributed by atoms with Gasteiger partial charge >= 0.3 is 0 Å². The van der Waals surface area contributed by atoms with Crippen molar-refractivity contribution in [2.45, 2.75) is 63.8 Å². The van der Waals surface area contributed by atoms with Crippen molar-refractivity contribution in [2.24, 2.45) is 0 Å². The fraction of sp³-hybridized carbons (Fsp3) is 0.435. The number of rotatable bonds is 6. The van der Waals surface area contributed by atoms with Crippen molar-refractivity contribution in [1.82, 2.24) is 19.7 Å². The molecule has 4 rings (SSSR count). The van der Waals surface area contributed by atoms with E-state index in [9.17, 15) is 4.79 Å². The average Bonchev–Trinajstić information content (AvgIpc) is 3.37. The summed E-state index contributed by atoms with van der Waals surface area (Å²) < 4.78 is 7.61. The molecule has 1 fully saturated rings. The first-order valence-corrected chi connectivity index (χ1v) is 11.5. The molecule has 0 aliphatic carbocycles. The number of carbonyl (C=O) groups is 1. The molecule has 6 nitrogen and oxygen atoms in total. The largest absolute Gasteiger partial charge is 0.467 e. The fourth-order valence-corrected chi connectivity index (χ4v) is 5.04. The van der Waals surface area contributed by atoms with Gasteiger partial charge in [0.1, 0.15) is 5.76 Å². The molecule has 0 saturated carbocycles. The summed E-state index contributed by atoms with van der Waals surface area (Å²) in [4.78, 5) is 15.0. The highest BCUT2D eigenvalue weighted by molar-refractivity contribution is 7.99. The Labute approximate surface area is 181 Å². The number of hydrogen-bond acceptors (Lipinski definition) is 5. The monoisotopic (exact) mass is 424 g/mol. The highest BCUT2D eigenvalue weighted by atomic mass is 32.2. The summed E-state index contributed by atoms with van der Waals surface area (Å²) >= 11 is 1.45. The van der Waals surface area contributed by atoms with Gasteiger partial charge in [-0.25, -0.2) is 0 Å². The molecule has 1 saturated heterocycles. The molecule has 7 heteroatoms. The molecule has 0 radical (unpaired) electrons. The lowest BCUT2D eigenvalue weighted by Gasteiger charge is -2.39. The van der Waals surface area contributed by atoms with Crippen molar-refractivity contribution in [3.05, 3.63) is 54.0 Å². The van der Waals surface area contributed by atoms with Gasteiger partial charge in [-0.2, -0.15) is 0 Å². The number of benzene rings is 1. The van der Waals surface area contributed by atoms with Gasteiger partial charge in [0, 0.05) is 17.6 Å². The number of carbonyl (C=O) groups excluding carboxylic acids is 1. The number of aromatic nitrogens is 3. The lowest BCUT2D eigenvalue weighted by atomic mass is 9.98. The standard InChI is InChI=1S/C23H28N4O2S/c1-16-8-4-5-12-20(16)22-24-25-23(26(22)14-19-11-7-13-29-19)30-15-21(28)27-17(2)9-6-10-18(27)3/h4-5,7-8,11-13,17-18H,6,9-10,14-15H2,1-3H3. The van der Waals surface area contributed by atoms with Gasteiger partial charge in [0.05, 0.1) is 18.6 Å². The lowest BCUT2D eigenvalue weighted by molar-refractivity contribution is -0.134. The molecule has 0 spiro atoms. The van der Waals surface area contributed by atoms with Crippen molar-refractivity contribution in [2.75, 3.05) is 5.75 Å². The molecule has 1 aromatic carbocycles. The Morgan fingerprint density at radius 3 is 2.60 bits per heavy atom. The molecule has 2 aromatic heterocycles. The Bertz CT molecular complexity index is 989. The van der Waals surface area contributed by atoms with E-state index in [4.69, 9.17) is 4.42 Å². The second-order valence-corrected chi connectivity index (χ2v) is 8.95. The van der Waals surface area contributed by atoms with Crippen LogP contribution in [0.25, 0.3) is 11.4 Å². The Morgan fingerprint density at radius 1 is 1.13 bits per heavy atom. The Balaban J connectivity index is 1.58. The zero-order valence-corrected chi connectivity index (χ0v) is 18.6. The van der Waals surface area contributed by atoms with Gasteiger partial charge in [-0.1, -0.05) is 36.0 Å². The van der Waals surface area contributed by atoms with E-state index >= 15 is 0 Å². The van der Waals surface area contributed by atoms with E-state index in [1.165, 1.54) is 18.2 Å². The number of amides is 1. The van der Waals surface area contributed by atoms with Crippen molar-refractivity contribution in [3.8, 4) is 11.4 Å². The predicted octanol–water partition coefficient (Wildman–Crippen LogP) is 4.78. The maximum Gasteiger partial charge on any atom is 0.233 e. The number of piperidine rings is 1. The maximum absolute atomic E-state index is 13.0. The maximum atomic E-state index is 13.0. The summed E-state index contributed by atoms with van der Waals surface area (Å²) in [5.74, 6) is 2.15. The molecule has 158 valence electrons. The molecule has 0 N–H and O–H groups in total. The molecule has 0 bridgehead atoms. The molecule has 30 heavy (non-hydrogen) atoms. The molecule has 3 aromatic rings. The third-order valence-corrected chi connectivity index (χ3v) is 6.75.